The lowest BCUT2D eigenvalue weighted by atomic mass is 10.1. The van der Waals surface area contributed by atoms with E-state index in [0.717, 1.165) is 19.3 Å². The number of rotatable bonds is 6. The third-order valence-corrected chi connectivity index (χ3v) is 5.49. The zero-order chi connectivity index (χ0) is 20.1. The van der Waals surface area contributed by atoms with Crippen molar-refractivity contribution in [1.82, 2.24) is 14.7 Å². The van der Waals surface area contributed by atoms with Crippen LogP contribution in [0.3, 0.4) is 0 Å². The number of likely N-dealkylation sites (tertiary alicyclic amines) is 1. The average Bonchev–Trinajstić information content (AvgIpc) is 3.45. The Labute approximate surface area is 169 Å². The van der Waals surface area contributed by atoms with Gasteiger partial charge in [0.05, 0.1) is 24.8 Å². The number of carbonyl (C=O) groups excluding carboxylic acids is 2. The van der Waals surface area contributed by atoms with Crippen molar-refractivity contribution in [3.05, 3.63) is 42.6 Å². The molecule has 29 heavy (non-hydrogen) atoms. The highest BCUT2D eigenvalue weighted by molar-refractivity contribution is 5.92. The number of ether oxygens (including phenoxy) is 2. The number of anilines is 1. The molecule has 2 amide bonds. The van der Waals surface area contributed by atoms with Crippen molar-refractivity contribution in [1.29, 1.82) is 0 Å². The van der Waals surface area contributed by atoms with Crippen LogP contribution in [-0.4, -0.2) is 59.4 Å². The minimum atomic E-state index is -0.0950. The molecule has 4 rings (SSSR count). The fourth-order valence-corrected chi connectivity index (χ4v) is 3.79. The molecule has 1 N–H and O–H groups in total. The number of hydrogen-bond donors (Lipinski definition) is 1. The second-order valence-corrected chi connectivity index (χ2v) is 7.42. The SMILES string of the molecule is O=C(Nc1ccnn1C1CCN(C(=O)COc2ccccc2)CC1)C1CCOC1. The molecule has 0 bridgehead atoms. The third-order valence-electron chi connectivity index (χ3n) is 5.49. The molecule has 0 aliphatic carbocycles. The van der Waals surface area contributed by atoms with E-state index in [1.807, 2.05) is 46.0 Å². The molecule has 1 aromatic heterocycles. The molecule has 2 aliphatic heterocycles. The molecule has 1 unspecified atom stereocenters. The average molecular weight is 398 g/mol. The number of benzene rings is 1. The Morgan fingerprint density at radius 3 is 2.66 bits per heavy atom. The first-order chi connectivity index (χ1) is 14.2. The Bertz CT molecular complexity index is 824. The van der Waals surface area contributed by atoms with Gasteiger partial charge < -0.3 is 19.7 Å². The van der Waals surface area contributed by atoms with Crippen molar-refractivity contribution in [2.75, 3.05) is 38.2 Å². The summed E-state index contributed by atoms with van der Waals surface area (Å²) >= 11 is 0. The van der Waals surface area contributed by atoms with Crippen LogP contribution < -0.4 is 10.1 Å². The maximum Gasteiger partial charge on any atom is 0.260 e. The first-order valence-corrected chi connectivity index (χ1v) is 10.1. The number of nitrogens with zero attached hydrogens (tertiary/aromatic N) is 3. The summed E-state index contributed by atoms with van der Waals surface area (Å²) in [6.45, 7) is 2.45. The second kappa shape index (κ2) is 9.09. The monoisotopic (exact) mass is 398 g/mol. The molecule has 1 aromatic carbocycles. The van der Waals surface area contributed by atoms with Crippen molar-refractivity contribution in [3.63, 3.8) is 0 Å². The van der Waals surface area contributed by atoms with Crippen LogP contribution in [0.1, 0.15) is 25.3 Å². The van der Waals surface area contributed by atoms with Gasteiger partial charge >= 0.3 is 0 Å². The Hall–Kier alpha value is -2.87. The Kier molecular flexibility index (Phi) is 6.09. The van der Waals surface area contributed by atoms with E-state index in [-0.39, 0.29) is 30.4 Å². The third kappa shape index (κ3) is 4.76. The zero-order valence-electron chi connectivity index (χ0n) is 16.3. The Morgan fingerprint density at radius 1 is 1.14 bits per heavy atom. The van der Waals surface area contributed by atoms with E-state index >= 15 is 0 Å². The van der Waals surface area contributed by atoms with Gasteiger partial charge in [-0.05, 0) is 31.4 Å². The quantitative estimate of drug-likeness (QED) is 0.805. The van der Waals surface area contributed by atoms with Gasteiger partial charge in [0.1, 0.15) is 11.6 Å². The smallest absolute Gasteiger partial charge is 0.260 e. The predicted octanol–water partition coefficient (Wildman–Crippen LogP) is 2.10. The maximum atomic E-state index is 12.4. The molecule has 3 heterocycles. The topological polar surface area (TPSA) is 85.7 Å². The molecule has 2 saturated heterocycles. The molecule has 1 atom stereocenters. The van der Waals surface area contributed by atoms with E-state index < -0.39 is 0 Å². The second-order valence-electron chi connectivity index (χ2n) is 7.42. The van der Waals surface area contributed by atoms with Gasteiger partial charge in [0, 0.05) is 25.8 Å². The molecular formula is C21H26N4O4. The van der Waals surface area contributed by atoms with Gasteiger partial charge in [-0.2, -0.15) is 5.10 Å². The van der Waals surface area contributed by atoms with Crippen molar-refractivity contribution >= 4 is 17.6 Å². The van der Waals surface area contributed by atoms with Crippen molar-refractivity contribution in [2.24, 2.45) is 5.92 Å². The van der Waals surface area contributed by atoms with Crippen LogP contribution in [-0.2, 0) is 14.3 Å². The molecule has 0 radical (unpaired) electrons. The number of aromatic nitrogens is 2. The fourth-order valence-electron chi connectivity index (χ4n) is 3.79. The molecule has 2 aliphatic rings. The van der Waals surface area contributed by atoms with Crippen LogP contribution >= 0.6 is 0 Å². The highest BCUT2D eigenvalue weighted by Crippen LogP contribution is 2.26. The molecule has 8 nitrogen and oxygen atoms in total. The molecule has 8 heteroatoms. The minimum Gasteiger partial charge on any atom is -0.484 e. The van der Waals surface area contributed by atoms with Crippen LogP contribution in [0, 0.1) is 5.92 Å². The van der Waals surface area contributed by atoms with E-state index in [1.165, 1.54) is 0 Å². The predicted molar refractivity (Wildman–Crippen MR) is 107 cm³/mol. The molecule has 2 aromatic rings. The molecule has 0 spiro atoms. The van der Waals surface area contributed by atoms with Crippen LogP contribution in [0.4, 0.5) is 5.82 Å². The first kappa shape index (κ1) is 19.4. The minimum absolute atomic E-state index is 0.0115. The van der Waals surface area contributed by atoms with Gasteiger partial charge in [-0.1, -0.05) is 18.2 Å². The summed E-state index contributed by atoms with van der Waals surface area (Å²) < 4.78 is 12.7. The summed E-state index contributed by atoms with van der Waals surface area (Å²) in [6.07, 6.45) is 4.03. The number of carbonyl (C=O) groups is 2. The van der Waals surface area contributed by atoms with Crippen molar-refractivity contribution < 1.29 is 19.1 Å². The summed E-state index contributed by atoms with van der Waals surface area (Å²) in [7, 11) is 0. The van der Waals surface area contributed by atoms with Crippen LogP contribution in [0.5, 0.6) is 5.75 Å². The Balaban J connectivity index is 1.28. The normalized spacial score (nSPS) is 19.9. The van der Waals surface area contributed by atoms with Gasteiger partial charge in [0.25, 0.3) is 5.91 Å². The standard InChI is InChI=1S/C21H26N4O4/c26-20(15-29-18-4-2-1-3-5-18)24-11-7-17(8-12-24)25-19(6-10-22-25)23-21(27)16-9-13-28-14-16/h1-6,10,16-17H,7-9,11-15H2,(H,23,27). The van der Waals surface area contributed by atoms with Crippen molar-refractivity contribution in [2.45, 2.75) is 25.3 Å². The van der Waals surface area contributed by atoms with E-state index in [1.54, 1.807) is 6.20 Å². The lowest BCUT2D eigenvalue weighted by molar-refractivity contribution is -0.134. The summed E-state index contributed by atoms with van der Waals surface area (Å²) in [5.74, 6) is 1.28. The van der Waals surface area contributed by atoms with E-state index in [2.05, 4.69) is 10.4 Å². The zero-order valence-corrected chi connectivity index (χ0v) is 16.3. The van der Waals surface area contributed by atoms with Gasteiger partial charge in [-0.15, -0.1) is 0 Å². The van der Waals surface area contributed by atoms with Crippen LogP contribution in [0.15, 0.2) is 42.6 Å². The lowest BCUT2D eigenvalue weighted by Crippen LogP contribution is -2.41. The van der Waals surface area contributed by atoms with Gasteiger partial charge in [0.15, 0.2) is 6.61 Å². The Morgan fingerprint density at radius 2 is 1.93 bits per heavy atom. The highest BCUT2D eigenvalue weighted by atomic mass is 16.5. The van der Waals surface area contributed by atoms with Crippen LogP contribution in [0.2, 0.25) is 0 Å². The largest absolute Gasteiger partial charge is 0.484 e. The molecule has 2 fully saturated rings. The van der Waals surface area contributed by atoms with Gasteiger partial charge in [0.2, 0.25) is 5.91 Å². The summed E-state index contributed by atoms with van der Waals surface area (Å²) in [6, 6.07) is 11.3. The number of amides is 2. The maximum absolute atomic E-state index is 12.4. The van der Waals surface area contributed by atoms with E-state index in [4.69, 9.17) is 9.47 Å². The van der Waals surface area contributed by atoms with Crippen molar-refractivity contribution in [3.8, 4) is 5.75 Å². The number of piperidine rings is 1. The van der Waals surface area contributed by atoms with Gasteiger partial charge in [-0.25, -0.2) is 4.68 Å². The number of para-hydroxylation sites is 1. The first-order valence-electron chi connectivity index (χ1n) is 10.1. The van der Waals surface area contributed by atoms with Gasteiger partial charge in [-0.3, -0.25) is 9.59 Å². The lowest BCUT2D eigenvalue weighted by Gasteiger charge is -2.32. The highest BCUT2D eigenvalue weighted by Gasteiger charge is 2.28. The molecular weight excluding hydrogens is 372 g/mol. The van der Waals surface area contributed by atoms with E-state index in [0.29, 0.717) is 37.9 Å². The summed E-state index contributed by atoms with van der Waals surface area (Å²) in [5, 5.41) is 7.39. The fraction of sp³-hybridized carbons (Fsp3) is 0.476. The number of hydrogen-bond acceptors (Lipinski definition) is 5. The molecule has 0 saturated carbocycles. The number of nitrogens with one attached hydrogen (secondary N) is 1. The van der Waals surface area contributed by atoms with Crippen LogP contribution in [0.25, 0.3) is 0 Å². The molecule has 154 valence electrons. The summed E-state index contributed by atoms with van der Waals surface area (Å²) in [4.78, 5) is 26.6. The van der Waals surface area contributed by atoms with E-state index in [9.17, 15) is 9.59 Å². The summed E-state index contributed by atoms with van der Waals surface area (Å²) in [5.41, 5.74) is 0.